The van der Waals surface area contributed by atoms with Crippen molar-refractivity contribution < 1.29 is 0 Å². The molecule has 1 aromatic heterocycles. The van der Waals surface area contributed by atoms with E-state index in [1.165, 1.54) is 34.5 Å². The Balaban J connectivity index is 1.69. The van der Waals surface area contributed by atoms with Crippen molar-refractivity contribution in [3.05, 3.63) is 36.0 Å². The fourth-order valence-electron chi connectivity index (χ4n) is 2.18. The lowest BCUT2D eigenvalue weighted by molar-refractivity contribution is 0.553. The molecule has 2 heterocycles. The quantitative estimate of drug-likeness (QED) is 0.851. The molecule has 1 unspecified atom stereocenters. The highest BCUT2D eigenvalue weighted by Gasteiger charge is 2.14. The minimum Gasteiger partial charge on any atom is -0.357 e. The molecular formula is C13H16N2S. The summed E-state index contributed by atoms with van der Waals surface area (Å²) in [5.41, 5.74) is 2.53. The van der Waals surface area contributed by atoms with Gasteiger partial charge in [-0.15, -0.1) is 0 Å². The van der Waals surface area contributed by atoms with Crippen LogP contribution in [0.5, 0.6) is 0 Å². The van der Waals surface area contributed by atoms with Crippen molar-refractivity contribution in [1.82, 2.24) is 10.3 Å². The van der Waals surface area contributed by atoms with Gasteiger partial charge in [-0.3, -0.25) is 0 Å². The van der Waals surface area contributed by atoms with Crippen LogP contribution in [0.15, 0.2) is 30.3 Å². The second-order valence-electron chi connectivity index (χ2n) is 4.32. The predicted octanol–water partition coefficient (Wildman–Crippen LogP) is 2.76. The van der Waals surface area contributed by atoms with E-state index in [1.807, 2.05) is 11.8 Å². The number of aromatic amines is 1. The molecule has 1 saturated heterocycles. The molecule has 0 spiro atoms. The summed E-state index contributed by atoms with van der Waals surface area (Å²) >= 11 is 2.05. The first-order valence-electron chi connectivity index (χ1n) is 5.79. The summed E-state index contributed by atoms with van der Waals surface area (Å²) < 4.78 is 0. The Labute approximate surface area is 99.8 Å². The van der Waals surface area contributed by atoms with Crippen molar-refractivity contribution >= 4 is 22.7 Å². The van der Waals surface area contributed by atoms with Crippen LogP contribution in [-0.4, -0.2) is 22.5 Å². The van der Waals surface area contributed by atoms with Crippen molar-refractivity contribution in [3.63, 3.8) is 0 Å². The molecule has 0 saturated carbocycles. The van der Waals surface area contributed by atoms with E-state index in [2.05, 4.69) is 40.6 Å². The van der Waals surface area contributed by atoms with Gasteiger partial charge >= 0.3 is 0 Å². The van der Waals surface area contributed by atoms with Crippen LogP contribution in [0.1, 0.15) is 12.1 Å². The van der Waals surface area contributed by atoms with Gasteiger partial charge in [0.05, 0.1) is 0 Å². The van der Waals surface area contributed by atoms with E-state index in [0.29, 0.717) is 6.04 Å². The molecule has 2 N–H and O–H groups in total. The Bertz CT molecular complexity index is 438. The van der Waals surface area contributed by atoms with Crippen molar-refractivity contribution in [2.24, 2.45) is 0 Å². The molecule has 0 amide bonds. The van der Waals surface area contributed by atoms with E-state index in [0.717, 1.165) is 6.54 Å². The first kappa shape index (κ1) is 10.2. The van der Waals surface area contributed by atoms with E-state index in [4.69, 9.17) is 0 Å². The molecule has 3 heteroatoms. The van der Waals surface area contributed by atoms with Crippen LogP contribution >= 0.6 is 11.8 Å². The molecule has 0 bridgehead atoms. The summed E-state index contributed by atoms with van der Waals surface area (Å²) in [5.74, 6) is 2.57. The Hall–Kier alpha value is -0.930. The monoisotopic (exact) mass is 232 g/mol. The van der Waals surface area contributed by atoms with Gasteiger partial charge in [-0.2, -0.15) is 11.8 Å². The Morgan fingerprint density at radius 3 is 3.12 bits per heavy atom. The lowest BCUT2D eigenvalue weighted by atomic mass is 10.2. The number of fused-ring (bicyclic) bond motifs is 1. The van der Waals surface area contributed by atoms with Crippen LogP contribution in [-0.2, 0) is 6.54 Å². The second kappa shape index (κ2) is 4.52. The van der Waals surface area contributed by atoms with Gasteiger partial charge < -0.3 is 10.3 Å². The lowest BCUT2D eigenvalue weighted by Crippen LogP contribution is -2.28. The smallest absolute Gasteiger partial charge is 0.0456 e. The average molecular weight is 232 g/mol. The Kier molecular flexibility index (Phi) is 2.89. The van der Waals surface area contributed by atoms with E-state index < -0.39 is 0 Å². The Morgan fingerprint density at radius 2 is 2.31 bits per heavy atom. The lowest BCUT2D eigenvalue weighted by Gasteiger charge is -2.09. The first-order chi connectivity index (χ1) is 7.92. The topological polar surface area (TPSA) is 27.8 Å². The largest absolute Gasteiger partial charge is 0.357 e. The van der Waals surface area contributed by atoms with E-state index in [9.17, 15) is 0 Å². The summed E-state index contributed by atoms with van der Waals surface area (Å²) in [4.78, 5) is 3.45. The summed E-state index contributed by atoms with van der Waals surface area (Å²) in [7, 11) is 0. The number of rotatable bonds is 3. The van der Waals surface area contributed by atoms with Gasteiger partial charge in [0.2, 0.25) is 0 Å². The van der Waals surface area contributed by atoms with Gasteiger partial charge in [0.1, 0.15) is 0 Å². The van der Waals surface area contributed by atoms with Crippen molar-refractivity contribution in [2.45, 2.75) is 19.0 Å². The molecule has 1 aliphatic heterocycles. The SMILES string of the molecule is c1ccc2[nH]c(CNC3CCSC3)cc2c1. The summed E-state index contributed by atoms with van der Waals surface area (Å²) in [6.07, 6.45) is 1.31. The van der Waals surface area contributed by atoms with E-state index in [1.54, 1.807) is 0 Å². The average Bonchev–Trinajstić information content (AvgIpc) is 2.95. The molecule has 2 aromatic rings. The number of H-pyrrole nitrogens is 1. The highest BCUT2D eigenvalue weighted by Crippen LogP contribution is 2.18. The fourth-order valence-corrected chi connectivity index (χ4v) is 3.37. The summed E-state index contributed by atoms with van der Waals surface area (Å²) in [6.45, 7) is 0.958. The van der Waals surface area contributed by atoms with Crippen molar-refractivity contribution in [1.29, 1.82) is 0 Å². The third-order valence-electron chi connectivity index (χ3n) is 3.10. The zero-order valence-electron chi connectivity index (χ0n) is 9.20. The van der Waals surface area contributed by atoms with Gasteiger partial charge in [0.25, 0.3) is 0 Å². The normalized spacial score (nSPS) is 20.6. The predicted molar refractivity (Wildman–Crippen MR) is 70.9 cm³/mol. The number of benzene rings is 1. The maximum Gasteiger partial charge on any atom is 0.0456 e. The minimum atomic E-state index is 0.705. The third-order valence-corrected chi connectivity index (χ3v) is 4.26. The van der Waals surface area contributed by atoms with Crippen LogP contribution in [0, 0.1) is 0 Å². The maximum absolute atomic E-state index is 3.61. The number of nitrogens with one attached hydrogen (secondary N) is 2. The number of para-hydroxylation sites is 1. The number of hydrogen-bond acceptors (Lipinski definition) is 2. The molecule has 1 fully saturated rings. The third kappa shape index (κ3) is 2.11. The highest BCUT2D eigenvalue weighted by atomic mass is 32.2. The van der Waals surface area contributed by atoms with Crippen LogP contribution in [0.25, 0.3) is 10.9 Å². The molecular weight excluding hydrogens is 216 g/mol. The van der Waals surface area contributed by atoms with Crippen molar-refractivity contribution in [2.75, 3.05) is 11.5 Å². The molecule has 16 heavy (non-hydrogen) atoms. The van der Waals surface area contributed by atoms with Crippen molar-refractivity contribution in [3.8, 4) is 0 Å². The molecule has 2 nitrogen and oxygen atoms in total. The van der Waals surface area contributed by atoms with Gasteiger partial charge in [-0.25, -0.2) is 0 Å². The molecule has 1 aromatic carbocycles. The van der Waals surface area contributed by atoms with Crippen LogP contribution in [0.3, 0.4) is 0 Å². The summed E-state index contributed by atoms with van der Waals surface area (Å²) in [6, 6.07) is 11.4. The van der Waals surface area contributed by atoms with Crippen LogP contribution in [0.2, 0.25) is 0 Å². The van der Waals surface area contributed by atoms with Crippen LogP contribution in [0.4, 0.5) is 0 Å². The molecule has 3 rings (SSSR count). The zero-order valence-corrected chi connectivity index (χ0v) is 10.0. The molecule has 84 valence electrons. The molecule has 1 atom stereocenters. The molecule has 0 aliphatic carbocycles. The first-order valence-corrected chi connectivity index (χ1v) is 6.95. The Morgan fingerprint density at radius 1 is 1.38 bits per heavy atom. The van der Waals surface area contributed by atoms with Gasteiger partial charge in [0.15, 0.2) is 0 Å². The number of thioether (sulfide) groups is 1. The highest BCUT2D eigenvalue weighted by molar-refractivity contribution is 7.99. The molecule has 1 aliphatic rings. The molecule has 0 radical (unpaired) electrons. The fraction of sp³-hybridized carbons (Fsp3) is 0.385. The zero-order chi connectivity index (χ0) is 10.8. The second-order valence-corrected chi connectivity index (χ2v) is 5.47. The standard InChI is InChI=1S/C13H16N2S/c1-2-4-13-10(3-1)7-12(15-13)8-14-11-5-6-16-9-11/h1-4,7,11,14-15H,5-6,8-9H2. The van der Waals surface area contributed by atoms with E-state index in [-0.39, 0.29) is 0 Å². The number of hydrogen-bond donors (Lipinski definition) is 2. The summed E-state index contributed by atoms with van der Waals surface area (Å²) in [5, 5.41) is 4.91. The van der Waals surface area contributed by atoms with Gasteiger partial charge in [-0.05, 0) is 29.7 Å². The van der Waals surface area contributed by atoms with Crippen LogP contribution < -0.4 is 5.32 Å². The minimum absolute atomic E-state index is 0.705. The van der Waals surface area contributed by atoms with E-state index >= 15 is 0 Å². The number of aromatic nitrogens is 1. The van der Waals surface area contributed by atoms with Gasteiger partial charge in [0, 0.05) is 29.6 Å². The maximum atomic E-state index is 3.61. The van der Waals surface area contributed by atoms with Gasteiger partial charge in [-0.1, -0.05) is 18.2 Å².